The van der Waals surface area contributed by atoms with E-state index < -0.39 is 60.8 Å². The number of nitrogens with one attached hydrogen (secondary N) is 2. The molecule has 6 N–H and O–H groups in total. The molecule has 1 fully saturated rings. The normalized spacial score (nSPS) is 18.2. The highest BCUT2D eigenvalue weighted by molar-refractivity contribution is 7.98. The second-order valence-corrected chi connectivity index (χ2v) is 7.34. The van der Waals surface area contributed by atoms with Crippen molar-refractivity contribution >= 4 is 41.4 Å². The largest absolute Gasteiger partial charge is 0.481 e. The van der Waals surface area contributed by atoms with Gasteiger partial charge in [0.25, 0.3) is 0 Å². The van der Waals surface area contributed by atoms with Crippen molar-refractivity contribution in [1.82, 2.24) is 15.5 Å². The number of carbonyl (C=O) groups excluding carboxylic acids is 3. The van der Waals surface area contributed by atoms with E-state index in [1.54, 1.807) is 0 Å². The molecule has 0 saturated carbocycles. The first-order valence-corrected chi connectivity index (χ1v) is 10.1. The maximum atomic E-state index is 12.3. The molecule has 1 aliphatic rings. The van der Waals surface area contributed by atoms with Gasteiger partial charge in [0, 0.05) is 6.54 Å². The Bertz CT molecular complexity index is 616. The Kier molecular flexibility index (Phi) is 9.73. The van der Waals surface area contributed by atoms with Gasteiger partial charge >= 0.3 is 11.9 Å². The average Bonchev–Trinajstić information content (AvgIpc) is 3.11. The number of hydrogen-bond donors (Lipinski definition) is 5. The molecular weight excluding hydrogens is 392 g/mol. The topological polar surface area (TPSA) is 179 Å². The third-order valence-electron chi connectivity index (χ3n) is 4.22. The number of nitrogens with zero attached hydrogens (tertiary/aromatic N) is 1. The van der Waals surface area contributed by atoms with Gasteiger partial charge in [-0.25, -0.2) is 4.79 Å². The van der Waals surface area contributed by atoms with Gasteiger partial charge in [0.2, 0.25) is 17.7 Å². The van der Waals surface area contributed by atoms with Gasteiger partial charge in [-0.2, -0.15) is 11.8 Å². The Labute approximate surface area is 166 Å². The van der Waals surface area contributed by atoms with Crippen molar-refractivity contribution in [3.05, 3.63) is 0 Å². The van der Waals surface area contributed by atoms with Gasteiger partial charge in [-0.3, -0.25) is 19.2 Å². The van der Waals surface area contributed by atoms with Gasteiger partial charge in [0.05, 0.1) is 19.0 Å². The van der Waals surface area contributed by atoms with Crippen LogP contribution in [0.2, 0.25) is 0 Å². The minimum atomic E-state index is -1.25. The number of nitrogens with two attached hydrogens (primary N) is 1. The highest BCUT2D eigenvalue weighted by Crippen LogP contribution is 2.18. The third kappa shape index (κ3) is 7.35. The van der Waals surface area contributed by atoms with Crippen LogP contribution in [0.4, 0.5) is 0 Å². The average molecular weight is 418 g/mol. The van der Waals surface area contributed by atoms with E-state index in [9.17, 15) is 24.0 Å². The van der Waals surface area contributed by atoms with Crippen molar-refractivity contribution in [2.45, 2.75) is 43.8 Å². The van der Waals surface area contributed by atoms with Gasteiger partial charge in [-0.05, 0) is 31.3 Å². The van der Waals surface area contributed by atoms with Crippen molar-refractivity contribution in [2.24, 2.45) is 5.73 Å². The van der Waals surface area contributed by atoms with Gasteiger partial charge in [0.15, 0.2) is 0 Å². The molecule has 3 unspecified atom stereocenters. The standard InChI is InChI=1S/C16H26N4O7S/c1-28-6-4-10(16(26)27)19-12(21)8-18-14(24)11-3-2-5-20(11)15(25)9(17)7-13(22)23/h9-11H,2-8,17H2,1H3,(H,18,24)(H,19,21)(H,22,23)(H,26,27). The smallest absolute Gasteiger partial charge is 0.326 e. The van der Waals surface area contributed by atoms with Gasteiger partial charge < -0.3 is 31.5 Å². The first-order chi connectivity index (χ1) is 13.2. The Hall–Kier alpha value is -2.34. The molecule has 0 aliphatic carbocycles. The molecule has 1 saturated heterocycles. The summed E-state index contributed by atoms with van der Waals surface area (Å²) in [5, 5.41) is 22.6. The lowest BCUT2D eigenvalue weighted by molar-refractivity contribution is -0.144. The Morgan fingerprint density at radius 2 is 1.93 bits per heavy atom. The number of carbonyl (C=O) groups is 5. The fraction of sp³-hybridized carbons (Fsp3) is 0.688. The number of amides is 3. The summed E-state index contributed by atoms with van der Waals surface area (Å²) < 4.78 is 0. The Morgan fingerprint density at radius 3 is 2.50 bits per heavy atom. The van der Waals surface area contributed by atoms with E-state index in [1.165, 1.54) is 16.7 Å². The van der Waals surface area contributed by atoms with E-state index >= 15 is 0 Å². The SMILES string of the molecule is CSCCC(NC(=O)CNC(=O)C1CCCN1C(=O)C(N)CC(=O)O)C(=O)O. The van der Waals surface area contributed by atoms with E-state index in [0.29, 0.717) is 18.6 Å². The number of thioether (sulfide) groups is 1. The molecule has 0 aromatic rings. The molecule has 3 amide bonds. The maximum Gasteiger partial charge on any atom is 0.326 e. The van der Waals surface area contributed by atoms with E-state index in [-0.39, 0.29) is 13.0 Å². The molecule has 1 aliphatic heterocycles. The highest BCUT2D eigenvalue weighted by Gasteiger charge is 2.36. The van der Waals surface area contributed by atoms with Crippen LogP contribution in [0.25, 0.3) is 0 Å². The van der Waals surface area contributed by atoms with Gasteiger partial charge in [0.1, 0.15) is 12.1 Å². The summed E-state index contributed by atoms with van der Waals surface area (Å²) in [6.07, 6.45) is 2.44. The summed E-state index contributed by atoms with van der Waals surface area (Å²) in [5.74, 6) is -3.67. The molecule has 12 heteroatoms. The van der Waals surface area contributed by atoms with E-state index in [4.69, 9.17) is 15.9 Å². The van der Waals surface area contributed by atoms with Gasteiger partial charge in [-0.1, -0.05) is 0 Å². The van der Waals surface area contributed by atoms with Crippen molar-refractivity contribution in [2.75, 3.05) is 25.1 Å². The Morgan fingerprint density at radius 1 is 1.25 bits per heavy atom. The summed E-state index contributed by atoms with van der Waals surface area (Å²) in [6.45, 7) is -0.159. The van der Waals surface area contributed by atoms with Crippen LogP contribution in [0.1, 0.15) is 25.7 Å². The summed E-state index contributed by atoms with van der Waals surface area (Å²) in [4.78, 5) is 59.6. The Balaban J connectivity index is 2.56. The zero-order valence-electron chi connectivity index (χ0n) is 15.6. The number of aliphatic carboxylic acids is 2. The van der Waals surface area contributed by atoms with E-state index in [2.05, 4.69) is 10.6 Å². The van der Waals surface area contributed by atoms with Crippen LogP contribution in [-0.4, -0.2) is 88.0 Å². The molecule has 0 radical (unpaired) electrons. The minimum Gasteiger partial charge on any atom is -0.481 e. The fourth-order valence-corrected chi connectivity index (χ4v) is 3.29. The molecule has 0 aromatic carbocycles. The maximum absolute atomic E-state index is 12.3. The third-order valence-corrected chi connectivity index (χ3v) is 4.86. The molecular formula is C16H26N4O7S. The van der Waals surface area contributed by atoms with Crippen LogP contribution in [0.5, 0.6) is 0 Å². The van der Waals surface area contributed by atoms with E-state index in [1.807, 2.05) is 6.26 Å². The molecule has 1 heterocycles. The molecule has 0 spiro atoms. The molecule has 11 nitrogen and oxygen atoms in total. The quantitative estimate of drug-likeness (QED) is 0.259. The van der Waals surface area contributed by atoms with Gasteiger partial charge in [-0.15, -0.1) is 0 Å². The second-order valence-electron chi connectivity index (χ2n) is 6.35. The van der Waals surface area contributed by atoms with Crippen molar-refractivity contribution in [3.8, 4) is 0 Å². The lowest BCUT2D eigenvalue weighted by Crippen LogP contribution is -2.53. The second kappa shape index (κ2) is 11.5. The molecule has 0 bridgehead atoms. The fourth-order valence-electron chi connectivity index (χ4n) is 2.82. The molecule has 28 heavy (non-hydrogen) atoms. The number of carboxylic acid groups (broad SMARTS) is 2. The van der Waals surface area contributed by atoms with Crippen LogP contribution in [-0.2, 0) is 24.0 Å². The van der Waals surface area contributed by atoms with Crippen molar-refractivity contribution in [1.29, 1.82) is 0 Å². The lowest BCUT2D eigenvalue weighted by Gasteiger charge is -2.26. The number of carboxylic acids is 2. The molecule has 3 atom stereocenters. The number of rotatable bonds is 11. The van der Waals surface area contributed by atoms with E-state index in [0.717, 1.165) is 0 Å². The van der Waals surface area contributed by atoms with Crippen molar-refractivity contribution in [3.63, 3.8) is 0 Å². The number of likely N-dealkylation sites (tertiary alicyclic amines) is 1. The first kappa shape index (κ1) is 23.7. The summed E-state index contributed by atoms with van der Waals surface area (Å²) in [5.41, 5.74) is 5.58. The molecule has 1 rings (SSSR count). The van der Waals surface area contributed by atoms with Crippen LogP contribution < -0.4 is 16.4 Å². The van der Waals surface area contributed by atoms with Crippen LogP contribution in [0, 0.1) is 0 Å². The highest BCUT2D eigenvalue weighted by atomic mass is 32.2. The summed E-state index contributed by atoms with van der Waals surface area (Å²) in [7, 11) is 0. The summed E-state index contributed by atoms with van der Waals surface area (Å²) >= 11 is 1.45. The zero-order chi connectivity index (χ0) is 21.3. The predicted octanol–water partition coefficient (Wildman–Crippen LogP) is -1.78. The first-order valence-electron chi connectivity index (χ1n) is 8.74. The van der Waals surface area contributed by atoms with Crippen LogP contribution in [0.15, 0.2) is 0 Å². The summed E-state index contributed by atoms with van der Waals surface area (Å²) in [6, 6.07) is -3.13. The monoisotopic (exact) mass is 418 g/mol. The molecule has 158 valence electrons. The van der Waals surface area contributed by atoms with Crippen LogP contribution >= 0.6 is 11.8 Å². The predicted molar refractivity (Wildman–Crippen MR) is 101 cm³/mol. The zero-order valence-corrected chi connectivity index (χ0v) is 16.4. The number of hydrogen-bond acceptors (Lipinski definition) is 7. The van der Waals surface area contributed by atoms with Crippen LogP contribution in [0.3, 0.4) is 0 Å². The minimum absolute atomic E-state index is 0.253. The van der Waals surface area contributed by atoms with Crippen molar-refractivity contribution < 1.29 is 34.2 Å². The molecule has 0 aromatic heterocycles. The lowest BCUT2D eigenvalue weighted by atomic mass is 10.1.